The maximum Gasteiger partial charge on any atom is 0.246 e. The SMILES string of the molecule is CC(C)CCC(C)NC(=O)COC1(C)CNC1. The lowest BCUT2D eigenvalue weighted by Crippen LogP contribution is -2.59. The summed E-state index contributed by atoms with van der Waals surface area (Å²) >= 11 is 0. The van der Waals surface area contributed by atoms with Crippen LogP contribution in [-0.2, 0) is 9.53 Å². The molecule has 1 rings (SSSR count). The summed E-state index contributed by atoms with van der Waals surface area (Å²) in [6.07, 6.45) is 2.17. The van der Waals surface area contributed by atoms with Crippen molar-refractivity contribution in [2.24, 2.45) is 5.92 Å². The van der Waals surface area contributed by atoms with Gasteiger partial charge < -0.3 is 15.4 Å². The third-order valence-corrected chi connectivity index (χ3v) is 3.13. The fourth-order valence-corrected chi connectivity index (χ4v) is 1.79. The van der Waals surface area contributed by atoms with Crippen LogP contribution in [0.1, 0.15) is 40.5 Å². The maximum atomic E-state index is 11.6. The zero-order valence-corrected chi connectivity index (χ0v) is 11.5. The molecular formula is C13H26N2O2. The van der Waals surface area contributed by atoms with E-state index >= 15 is 0 Å². The molecule has 1 aliphatic heterocycles. The van der Waals surface area contributed by atoms with E-state index in [1.54, 1.807) is 0 Å². The van der Waals surface area contributed by atoms with Crippen LogP contribution >= 0.6 is 0 Å². The number of hydrogen-bond acceptors (Lipinski definition) is 3. The van der Waals surface area contributed by atoms with Crippen LogP contribution in [0.5, 0.6) is 0 Å². The molecule has 0 aromatic heterocycles. The molecule has 4 nitrogen and oxygen atoms in total. The Morgan fingerprint density at radius 1 is 1.35 bits per heavy atom. The quantitative estimate of drug-likeness (QED) is 0.707. The lowest BCUT2D eigenvalue weighted by Gasteiger charge is -2.38. The molecule has 0 aromatic rings. The molecule has 2 N–H and O–H groups in total. The standard InChI is InChI=1S/C13H26N2O2/c1-10(2)5-6-11(3)15-12(16)7-17-13(4)8-14-9-13/h10-11,14H,5-9H2,1-4H3,(H,15,16). The zero-order valence-electron chi connectivity index (χ0n) is 11.5. The predicted molar refractivity (Wildman–Crippen MR) is 68.9 cm³/mol. The van der Waals surface area contributed by atoms with Gasteiger partial charge in [-0.05, 0) is 32.6 Å². The lowest BCUT2D eigenvalue weighted by atomic mass is 10.0. The van der Waals surface area contributed by atoms with Crippen molar-refractivity contribution in [3.05, 3.63) is 0 Å². The van der Waals surface area contributed by atoms with E-state index in [9.17, 15) is 4.79 Å². The average Bonchev–Trinajstić information content (AvgIpc) is 2.21. The Bertz CT molecular complexity index is 250. The van der Waals surface area contributed by atoms with Crippen LogP contribution in [0.2, 0.25) is 0 Å². The first-order valence-corrected chi connectivity index (χ1v) is 6.55. The number of carbonyl (C=O) groups is 1. The first kappa shape index (κ1) is 14.5. The van der Waals surface area contributed by atoms with E-state index in [1.165, 1.54) is 0 Å². The summed E-state index contributed by atoms with van der Waals surface area (Å²) < 4.78 is 5.58. The highest BCUT2D eigenvalue weighted by atomic mass is 16.5. The van der Waals surface area contributed by atoms with Crippen LogP contribution in [0.15, 0.2) is 0 Å². The molecule has 1 saturated heterocycles. The van der Waals surface area contributed by atoms with E-state index in [0.29, 0.717) is 5.92 Å². The molecule has 0 saturated carbocycles. The Labute approximate surface area is 104 Å². The van der Waals surface area contributed by atoms with E-state index in [0.717, 1.165) is 25.9 Å². The molecule has 1 aliphatic rings. The van der Waals surface area contributed by atoms with Gasteiger partial charge in [-0.1, -0.05) is 13.8 Å². The number of hydrogen-bond donors (Lipinski definition) is 2. The van der Waals surface area contributed by atoms with E-state index in [1.807, 2.05) is 13.8 Å². The second-order valence-corrected chi connectivity index (χ2v) is 5.78. The van der Waals surface area contributed by atoms with E-state index in [2.05, 4.69) is 24.5 Å². The van der Waals surface area contributed by atoms with Gasteiger partial charge in [-0.3, -0.25) is 4.79 Å². The fraction of sp³-hybridized carbons (Fsp3) is 0.923. The highest BCUT2D eigenvalue weighted by molar-refractivity contribution is 5.77. The van der Waals surface area contributed by atoms with Crippen molar-refractivity contribution in [2.45, 2.75) is 52.2 Å². The summed E-state index contributed by atoms with van der Waals surface area (Å²) in [5.41, 5.74) is -0.140. The van der Waals surface area contributed by atoms with Crippen LogP contribution in [-0.4, -0.2) is 37.2 Å². The van der Waals surface area contributed by atoms with Gasteiger partial charge in [0.2, 0.25) is 5.91 Å². The molecule has 4 heteroatoms. The number of ether oxygens (including phenoxy) is 1. The van der Waals surface area contributed by atoms with Crippen LogP contribution in [0.4, 0.5) is 0 Å². The van der Waals surface area contributed by atoms with Crippen molar-refractivity contribution in [1.82, 2.24) is 10.6 Å². The third kappa shape index (κ3) is 5.50. The monoisotopic (exact) mass is 242 g/mol. The molecule has 1 heterocycles. The van der Waals surface area contributed by atoms with Crippen LogP contribution in [0, 0.1) is 5.92 Å². The topological polar surface area (TPSA) is 50.4 Å². The van der Waals surface area contributed by atoms with Crippen molar-refractivity contribution in [1.29, 1.82) is 0 Å². The largest absolute Gasteiger partial charge is 0.363 e. The Balaban J connectivity index is 2.11. The molecule has 1 amide bonds. The molecule has 0 radical (unpaired) electrons. The Morgan fingerprint density at radius 3 is 2.47 bits per heavy atom. The Morgan fingerprint density at radius 2 is 2.00 bits per heavy atom. The smallest absolute Gasteiger partial charge is 0.246 e. The summed E-state index contributed by atoms with van der Waals surface area (Å²) in [5.74, 6) is 0.681. The molecule has 1 unspecified atom stereocenters. The number of rotatable bonds is 7. The molecule has 1 fully saturated rings. The minimum Gasteiger partial charge on any atom is -0.363 e. The number of amides is 1. The van der Waals surface area contributed by atoms with Crippen molar-refractivity contribution < 1.29 is 9.53 Å². The van der Waals surface area contributed by atoms with Crippen molar-refractivity contribution in [3.8, 4) is 0 Å². The molecule has 0 bridgehead atoms. The summed E-state index contributed by atoms with van der Waals surface area (Å²) in [4.78, 5) is 11.6. The molecule has 0 spiro atoms. The van der Waals surface area contributed by atoms with Crippen molar-refractivity contribution in [3.63, 3.8) is 0 Å². The average molecular weight is 242 g/mol. The Kier molecular flexibility index (Phi) is 5.40. The highest BCUT2D eigenvalue weighted by Gasteiger charge is 2.33. The van der Waals surface area contributed by atoms with Gasteiger partial charge in [-0.25, -0.2) is 0 Å². The van der Waals surface area contributed by atoms with E-state index in [-0.39, 0.29) is 24.2 Å². The van der Waals surface area contributed by atoms with Crippen molar-refractivity contribution >= 4 is 5.91 Å². The number of carbonyl (C=O) groups excluding carboxylic acids is 1. The first-order valence-electron chi connectivity index (χ1n) is 6.55. The van der Waals surface area contributed by atoms with Crippen LogP contribution in [0.3, 0.4) is 0 Å². The normalized spacial score (nSPS) is 19.8. The van der Waals surface area contributed by atoms with E-state index in [4.69, 9.17) is 4.74 Å². The molecule has 100 valence electrons. The summed E-state index contributed by atoms with van der Waals surface area (Å²) in [6.45, 7) is 10.3. The van der Waals surface area contributed by atoms with Crippen molar-refractivity contribution in [2.75, 3.05) is 19.7 Å². The third-order valence-electron chi connectivity index (χ3n) is 3.13. The van der Waals surface area contributed by atoms with Gasteiger partial charge in [0.25, 0.3) is 0 Å². The molecule has 0 aliphatic carbocycles. The highest BCUT2D eigenvalue weighted by Crippen LogP contribution is 2.14. The zero-order chi connectivity index (χ0) is 12.9. The Hall–Kier alpha value is -0.610. The second-order valence-electron chi connectivity index (χ2n) is 5.78. The van der Waals surface area contributed by atoms with Gasteiger partial charge in [0, 0.05) is 19.1 Å². The molecular weight excluding hydrogens is 216 g/mol. The molecule has 17 heavy (non-hydrogen) atoms. The first-order chi connectivity index (χ1) is 7.91. The number of nitrogens with one attached hydrogen (secondary N) is 2. The summed E-state index contributed by atoms with van der Waals surface area (Å²) in [6, 6.07) is 0.237. The van der Waals surface area contributed by atoms with Gasteiger partial charge >= 0.3 is 0 Å². The van der Waals surface area contributed by atoms with Gasteiger partial charge in [0.1, 0.15) is 6.61 Å². The molecule has 1 atom stereocenters. The van der Waals surface area contributed by atoms with Gasteiger partial charge in [-0.15, -0.1) is 0 Å². The minimum absolute atomic E-state index is 0.00520. The predicted octanol–water partition coefficient (Wildman–Crippen LogP) is 1.31. The molecule has 0 aromatic carbocycles. The summed E-state index contributed by atoms with van der Waals surface area (Å²) in [5, 5.41) is 6.11. The van der Waals surface area contributed by atoms with Gasteiger partial charge in [0.15, 0.2) is 0 Å². The second kappa shape index (κ2) is 6.36. The minimum atomic E-state index is -0.140. The fourth-order valence-electron chi connectivity index (χ4n) is 1.79. The van der Waals surface area contributed by atoms with E-state index < -0.39 is 0 Å². The van der Waals surface area contributed by atoms with Crippen LogP contribution < -0.4 is 10.6 Å². The lowest BCUT2D eigenvalue weighted by molar-refractivity contribution is -0.136. The van der Waals surface area contributed by atoms with Crippen LogP contribution in [0.25, 0.3) is 0 Å². The maximum absolute atomic E-state index is 11.6. The van der Waals surface area contributed by atoms with Gasteiger partial charge in [0.05, 0.1) is 5.60 Å². The summed E-state index contributed by atoms with van der Waals surface area (Å²) in [7, 11) is 0. The van der Waals surface area contributed by atoms with Gasteiger partial charge in [-0.2, -0.15) is 0 Å².